The van der Waals surface area contributed by atoms with Crippen LogP contribution in [0.5, 0.6) is 5.75 Å². The van der Waals surface area contributed by atoms with Gasteiger partial charge in [0.2, 0.25) is 5.91 Å². The number of carbonyl (C=O) groups is 3. The topological polar surface area (TPSA) is 95.9 Å². The standard InChI is InChI=1S/C20H20N2O5S.CH4.2H2S/c23-14-3-1-12(2-4-14)9-15(21-19(25)13-6-8-28-11-13)20(26)22-7-5-17-18(22)16(24)10-27-17;;;/h1-4,6,8,11,15,17-18,23H,5,7,9-10H2,(H,21,25);1H4;2*1H2/t15-,17+,18+;;;/m0.../s1. The summed E-state index contributed by atoms with van der Waals surface area (Å²) in [4.78, 5) is 39.5. The summed E-state index contributed by atoms with van der Waals surface area (Å²) >= 11 is 1.40. The zero-order chi connectivity index (χ0) is 19.7. The van der Waals surface area contributed by atoms with E-state index in [1.807, 2.05) is 0 Å². The molecule has 2 N–H and O–H groups in total. The summed E-state index contributed by atoms with van der Waals surface area (Å²) in [7, 11) is 0. The molecule has 2 aliphatic heterocycles. The second-order valence-electron chi connectivity index (χ2n) is 6.99. The number of hydrogen-bond donors (Lipinski definition) is 2. The number of carbonyl (C=O) groups excluding carboxylic acids is 3. The number of benzene rings is 1. The summed E-state index contributed by atoms with van der Waals surface area (Å²) in [6.07, 6.45) is 0.628. The molecule has 7 nitrogen and oxygen atoms in total. The minimum atomic E-state index is -0.816. The fraction of sp³-hybridized carbons (Fsp3) is 0.381. The van der Waals surface area contributed by atoms with Crippen LogP contribution >= 0.6 is 38.3 Å². The first-order chi connectivity index (χ1) is 13.5. The van der Waals surface area contributed by atoms with Crippen molar-refractivity contribution in [2.24, 2.45) is 0 Å². The maximum Gasteiger partial charge on any atom is 0.252 e. The Morgan fingerprint density at radius 3 is 2.58 bits per heavy atom. The van der Waals surface area contributed by atoms with E-state index in [0.717, 1.165) is 5.56 Å². The summed E-state index contributed by atoms with van der Waals surface area (Å²) in [6.45, 7) is 0.462. The molecule has 3 heterocycles. The molecule has 170 valence electrons. The third kappa shape index (κ3) is 5.82. The molecule has 31 heavy (non-hydrogen) atoms. The van der Waals surface area contributed by atoms with Gasteiger partial charge in [-0.3, -0.25) is 14.4 Å². The van der Waals surface area contributed by atoms with Crippen LogP contribution in [0.3, 0.4) is 0 Å². The van der Waals surface area contributed by atoms with Crippen LogP contribution in [-0.2, 0) is 20.7 Å². The molecule has 4 rings (SSSR count). The Labute approximate surface area is 199 Å². The van der Waals surface area contributed by atoms with Gasteiger partial charge in [0.25, 0.3) is 5.91 Å². The Kier molecular flexibility index (Phi) is 10.1. The van der Waals surface area contributed by atoms with Gasteiger partial charge in [-0.15, -0.1) is 0 Å². The molecule has 0 radical (unpaired) electrons. The smallest absolute Gasteiger partial charge is 0.252 e. The van der Waals surface area contributed by atoms with Gasteiger partial charge in [0.1, 0.15) is 24.4 Å². The van der Waals surface area contributed by atoms with Crippen molar-refractivity contribution in [3.63, 3.8) is 0 Å². The maximum atomic E-state index is 13.3. The molecule has 1 aromatic heterocycles. The van der Waals surface area contributed by atoms with Crippen LogP contribution in [0.2, 0.25) is 0 Å². The summed E-state index contributed by atoms with van der Waals surface area (Å²) in [6, 6.07) is 6.82. The minimum absolute atomic E-state index is 0. The van der Waals surface area contributed by atoms with Crippen LogP contribution in [0, 0.1) is 0 Å². The molecular weight excluding hydrogens is 456 g/mol. The van der Waals surface area contributed by atoms with Crippen molar-refractivity contribution in [2.75, 3.05) is 13.2 Å². The zero-order valence-corrected chi connectivity index (χ0v) is 18.9. The van der Waals surface area contributed by atoms with Crippen LogP contribution in [0.4, 0.5) is 0 Å². The van der Waals surface area contributed by atoms with E-state index in [9.17, 15) is 19.5 Å². The largest absolute Gasteiger partial charge is 0.508 e. The van der Waals surface area contributed by atoms with Crippen molar-refractivity contribution in [3.05, 3.63) is 52.2 Å². The predicted octanol–water partition coefficient (Wildman–Crippen LogP) is 2.23. The number of thiophene rings is 1. The van der Waals surface area contributed by atoms with Gasteiger partial charge in [0.15, 0.2) is 5.78 Å². The number of fused-ring (bicyclic) bond motifs is 1. The third-order valence-electron chi connectivity index (χ3n) is 5.16. The fourth-order valence-electron chi connectivity index (χ4n) is 3.74. The van der Waals surface area contributed by atoms with E-state index < -0.39 is 12.1 Å². The van der Waals surface area contributed by atoms with Crippen molar-refractivity contribution in [3.8, 4) is 5.75 Å². The van der Waals surface area contributed by atoms with Crippen molar-refractivity contribution in [1.82, 2.24) is 10.2 Å². The number of hydrogen-bond acceptors (Lipinski definition) is 6. The highest BCUT2D eigenvalue weighted by Gasteiger charge is 2.48. The summed E-state index contributed by atoms with van der Waals surface area (Å²) < 4.78 is 5.46. The second-order valence-corrected chi connectivity index (χ2v) is 7.77. The zero-order valence-electron chi connectivity index (χ0n) is 16.0. The average molecular weight is 485 g/mol. The number of phenols is 1. The Morgan fingerprint density at radius 1 is 1.23 bits per heavy atom. The van der Waals surface area contributed by atoms with Crippen LogP contribution in [0.15, 0.2) is 41.1 Å². The number of ketones is 1. The lowest BCUT2D eigenvalue weighted by Gasteiger charge is -2.27. The number of amides is 2. The van der Waals surface area contributed by atoms with Crippen LogP contribution < -0.4 is 5.32 Å². The molecule has 10 heteroatoms. The number of nitrogens with zero attached hydrogens (tertiary/aromatic N) is 1. The van der Waals surface area contributed by atoms with E-state index in [1.165, 1.54) is 23.5 Å². The molecule has 2 fully saturated rings. The molecule has 0 spiro atoms. The van der Waals surface area contributed by atoms with Crippen LogP contribution in [0.1, 0.15) is 29.8 Å². The Morgan fingerprint density at radius 2 is 1.94 bits per heavy atom. The number of rotatable bonds is 5. The van der Waals surface area contributed by atoms with Crippen LogP contribution in [0.25, 0.3) is 0 Å². The number of phenolic OH excluding ortho intramolecular Hbond substituents is 1. The van der Waals surface area contributed by atoms with Gasteiger partial charge in [0.05, 0.1) is 11.7 Å². The Hall–Kier alpha value is -2.01. The van der Waals surface area contributed by atoms with Crippen LogP contribution in [-0.4, -0.2) is 58.9 Å². The Balaban J connectivity index is 0.00000160. The first kappa shape index (κ1) is 27.0. The highest BCUT2D eigenvalue weighted by molar-refractivity contribution is 7.59. The minimum Gasteiger partial charge on any atom is -0.508 e. The van der Waals surface area contributed by atoms with E-state index >= 15 is 0 Å². The average Bonchev–Trinajstić information content (AvgIpc) is 3.42. The lowest BCUT2D eigenvalue weighted by atomic mass is 10.0. The molecule has 1 aromatic carbocycles. The van der Waals surface area contributed by atoms with E-state index in [2.05, 4.69) is 5.32 Å². The summed E-state index contributed by atoms with van der Waals surface area (Å²) in [5.74, 6) is -0.584. The molecule has 3 atom stereocenters. The van der Waals surface area contributed by atoms with Crippen molar-refractivity contribution in [1.29, 1.82) is 0 Å². The van der Waals surface area contributed by atoms with Gasteiger partial charge in [-0.05, 0) is 35.6 Å². The van der Waals surface area contributed by atoms with E-state index in [-0.39, 0.29) is 76.9 Å². The summed E-state index contributed by atoms with van der Waals surface area (Å²) in [5.41, 5.74) is 1.29. The molecule has 2 saturated heterocycles. The van der Waals surface area contributed by atoms with Crippen molar-refractivity contribution >= 4 is 55.9 Å². The highest BCUT2D eigenvalue weighted by atomic mass is 32.1. The number of Topliss-reactive ketones (excluding diaryl/α,β-unsaturated/α-hetero) is 1. The van der Waals surface area contributed by atoms with E-state index in [1.54, 1.807) is 33.9 Å². The lowest BCUT2D eigenvalue weighted by molar-refractivity contribution is -0.138. The normalized spacial score (nSPS) is 20.0. The predicted molar refractivity (Wildman–Crippen MR) is 130 cm³/mol. The second kappa shape index (κ2) is 11.6. The molecule has 0 saturated carbocycles. The first-order valence-electron chi connectivity index (χ1n) is 9.08. The van der Waals surface area contributed by atoms with Gasteiger partial charge < -0.3 is 20.1 Å². The van der Waals surface area contributed by atoms with Crippen molar-refractivity contribution in [2.45, 2.75) is 38.5 Å². The molecule has 0 bridgehead atoms. The third-order valence-corrected chi connectivity index (χ3v) is 5.84. The van der Waals surface area contributed by atoms with Crippen molar-refractivity contribution < 1.29 is 24.2 Å². The molecular formula is C21H28N2O5S3. The maximum absolute atomic E-state index is 13.3. The lowest BCUT2D eigenvalue weighted by Crippen LogP contribution is -2.53. The van der Waals surface area contributed by atoms with Gasteiger partial charge in [-0.25, -0.2) is 0 Å². The first-order valence-corrected chi connectivity index (χ1v) is 10.0. The number of aromatic hydroxyl groups is 1. The van der Waals surface area contributed by atoms with E-state index in [4.69, 9.17) is 4.74 Å². The summed E-state index contributed by atoms with van der Waals surface area (Å²) in [5, 5.41) is 15.8. The quantitative estimate of drug-likeness (QED) is 0.679. The number of nitrogens with one attached hydrogen (secondary N) is 1. The van der Waals surface area contributed by atoms with Gasteiger partial charge in [-0.2, -0.15) is 38.3 Å². The Bertz CT molecular complexity index is 889. The van der Waals surface area contributed by atoms with Gasteiger partial charge in [-0.1, -0.05) is 19.6 Å². The fourth-order valence-corrected chi connectivity index (χ4v) is 4.38. The molecule has 0 unspecified atom stereocenters. The van der Waals surface area contributed by atoms with E-state index in [0.29, 0.717) is 18.5 Å². The molecule has 0 aliphatic carbocycles. The monoisotopic (exact) mass is 484 g/mol. The SMILES string of the molecule is C.O=C(N[C@@H](Cc1ccc(O)cc1)C(=O)N1CC[C@H]2OCC(=O)[C@H]21)c1ccsc1.S.S. The highest BCUT2D eigenvalue weighted by Crippen LogP contribution is 2.28. The molecule has 2 aromatic rings. The number of ether oxygens (including phenoxy) is 1. The molecule has 2 amide bonds. The van der Waals surface area contributed by atoms with Gasteiger partial charge >= 0.3 is 0 Å². The number of likely N-dealkylation sites (tertiary alicyclic amines) is 1. The molecule has 2 aliphatic rings. The van der Waals surface area contributed by atoms with Gasteiger partial charge in [0, 0.05) is 18.3 Å².